The number of aliphatic hydroxyl groups excluding tert-OH is 1. The zero-order valence-corrected chi connectivity index (χ0v) is 11.0. The Bertz CT molecular complexity index is 407. The van der Waals surface area contributed by atoms with Gasteiger partial charge in [0.05, 0.1) is 6.10 Å². The molecule has 16 heavy (non-hydrogen) atoms. The van der Waals surface area contributed by atoms with Crippen LogP contribution in [0.4, 0.5) is 0 Å². The fourth-order valence-corrected chi connectivity index (χ4v) is 4.46. The minimum atomic E-state index is -0.138. The summed E-state index contributed by atoms with van der Waals surface area (Å²) in [5, 5.41) is 10.4. The molecular weight excluding hydrogens is 264 g/mol. The molecule has 2 aliphatic carbocycles. The van der Waals surface area contributed by atoms with E-state index >= 15 is 0 Å². The van der Waals surface area contributed by atoms with Crippen LogP contribution in [0.25, 0.3) is 0 Å². The predicted octanol–water partition coefficient (Wildman–Crippen LogP) is 3.57. The van der Waals surface area contributed by atoms with E-state index in [-0.39, 0.29) is 11.5 Å². The first kappa shape index (κ1) is 10.8. The summed E-state index contributed by atoms with van der Waals surface area (Å²) in [6.07, 6.45) is 6.66. The molecule has 86 valence electrons. The van der Waals surface area contributed by atoms with Gasteiger partial charge < -0.3 is 5.11 Å². The van der Waals surface area contributed by atoms with Gasteiger partial charge in [-0.3, -0.25) is 0 Å². The first-order valence-corrected chi connectivity index (χ1v) is 6.99. The van der Waals surface area contributed by atoms with Crippen molar-refractivity contribution in [2.24, 2.45) is 0 Å². The van der Waals surface area contributed by atoms with Crippen molar-refractivity contribution < 1.29 is 5.11 Å². The molecule has 0 aromatic heterocycles. The number of halogens is 1. The van der Waals surface area contributed by atoms with Gasteiger partial charge in [0.25, 0.3) is 0 Å². The van der Waals surface area contributed by atoms with Gasteiger partial charge in [0, 0.05) is 9.89 Å². The Balaban J connectivity index is 2.19. The molecule has 0 saturated heterocycles. The van der Waals surface area contributed by atoms with Gasteiger partial charge in [0.15, 0.2) is 0 Å². The largest absolute Gasteiger partial charge is 0.392 e. The van der Waals surface area contributed by atoms with Gasteiger partial charge in [0.2, 0.25) is 0 Å². The Labute approximate surface area is 105 Å². The molecule has 0 radical (unpaired) electrons. The second-order valence-electron chi connectivity index (χ2n) is 5.19. The molecule has 0 amide bonds. The molecule has 1 spiro atoms. The molecule has 0 aliphatic heterocycles. The first-order valence-electron chi connectivity index (χ1n) is 6.20. The lowest BCUT2D eigenvalue weighted by molar-refractivity contribution is 0.0657. The van der Waals surface area contributed by atoms with Crippen molar-refractivity contribution in [1.82, 2.24) is 0 Å². The highest BCUT2D eigenvalue weighted by Crippen LogP contribution is 2.51. The highest BCUT2D eigenvalue weighted by Gasteiger charge is 2.46. The van der Waals surface area contributed by atoms with E-state index in [4.69, 9.17) is 0 Å². The van der Waals surface area contributed by atoms with E-state index in [1.165, 1.54) is 28.4 Å². The summed E-state index contributed by atoms with van der Waals surface area (Å²) < 4.78 is 1.20. The number of fused-ring (bicyclic) bond motifs is 2. The van der Waals surface area contributed by atoms with Crippen LogP contribution in [-0.4, -0.2) is 11.2 Å². The third kappa shape index (κ3) is 1.39. The zero-order chi connectivity index (χ0) is 11.2. The lowest BCUT2D eigenvalue weighted by atomic mass is 9.67. The van der Waals surface area contributed by atoms with E-state index in [1.807, 2.05) is 0 Å². The molecular formula is C14H17BrO. The average Bonchev–Trinajstić information content (AvgIpc) is 2.74. The molecule has 0 heterocycles. The smallest absolute Gasteiger partial charge is 0.0640 e. The van der Waals surface area contributed by atoms with Gasteiger partial charge in [-0.25, -0.2) is 0 Å². The SMILES string of the molecule is OC1CCc2cccc(Br)c2C12CCCC2. The molecule has 1 aromatic carbocycles. The maximum absolute atomic E-state index is 10.4. The normalized spacial score (nSPS) is 27.0. The van der Waals surface area contributed by atoms with E-state index < -0.39 is 0 Å². The van der Waals surface area contributed by atoms with E-state index in [0.717, 1.165) is 25.7 Å². The van der Waals surface area contributed by atoms with Crippen molar-refractivity contribution in [3.8, 4) is 0 Å². The van der Waals surface area contributed by atoms with Crippen molar-refractivity contribution in [2.45, 2.75) is 50.0 Å². The topological polar surface area (TPSA) is 20.2 Å². The quantitative estimate of drug-likeness (QED) is 0.770. The first-order chi connectivity index (χ1) is 7.74. The molecule has 3 rings (SSSR count). The third-order valence-corrected chi connectivity index (χ3v) is 5.08. The molecule has 1 atom stereocenters. The van der Waals surface area contributed by atoms with Crippen LogP contribution < -0.4 is 0 Å². The summed E-state index contributed by atoms with van der Waals surface area (Å²) in [5.41, 5.74) is 2.92. The van der Waals surface area contributed by atoms with Gasteiger partial charge in [-0.05, 0) is 42.9 Å². The minimum absolute atomic E-state index is 0.0632. The average molecular weight is 281 g/mol. The number of benzene rings is 1. The molecule has 1 nitrogen and oxygen atoms in total. The summed E-state index contributed by atoms with van der Waals surface area (Å²) in [7, 11) is 0. The highest BCUT2D eigenvalue weighted by molar-refractivity contribution is 9.10. The summed E-state index contributed by atoms with van der Waals surface area (Å²) >= 11 is 3.68. The van der Waals surface area contributed by atoms with Crippen LogP contribution in [0, 0.1) is 0 Å². The van der Waals surface area contributed by atoms with Crippen LogP contribution in [0.3, 0.4) is 0 Å². The fraction of sp³-hybridized carbons (Fsp3) is 0.571. The third-order valence-electron chi connectivity index (χ3n) is 4.42. The van der Waals surface area contributed by atoms with E-state index in [1.54, 1.807) is 0 Å². The van der Waals surface area contributed by atoms with Gasteiger partial charge in [-0.15, -0.1) is 0 Å². The summed E-state index contributed by atoms with van der Waals surface area (Å²) in [6.45, 7) is 0. The highest BCUT2D eigenvalue weighted by atomic mass is 79.9. The lowest BCUT2D eigenvalue weighted by Gasteiger charge is -2.41. The number of hydrogen-bond donors (Lipinski definition) is 1. The number of aryl methyl sites for hydroxylation is 1. The van der Waals surface area contributed by atoms with Crippen LogP contribution in [0.2, 0.25) is 0 Å². The molecule has 0 bridgehead atoms. The monoisotopic (exact) mass is 280 g/mol. The Hall–Kier alpha value is -0.340. The Kier molecular flexibility index (Phi) is 2.60. The molecule has 1 saturated carbocycles. The predicted molar refractivity (Wildman–Crippen MR) is 68.6 cm³/mol. The fourth-order valence-electron chi connectivity index (χ4n) is 3.66. The van der Waals surface area contributed by atoms with Crippen molar-refractivity contribution in [1.29, 1.82) is 0 Å². The van der Waals surface area contributed by atoms with Crippen molar-refractivity contribution in [3.63, 3.8) is 0 Å². The van der Waals surface area contributed by atoms with Crippen molar-refractivity contribution in [3.05, 3.63) is 33.8 Å². The van der Waals surface area contributed by atoms with Gasteiger partial charge in [-0.2, -0.15) is 0 Å². The molecule has 1 fully saturated rings. The second-order valence-corrected chi connectivity index (χ2v) is 6.05. The van der Waals surface area contributed by atoms with Crippen molar-refractivity contribution in [2.75, 3.05) is 0 Å². The maximum Gasteiger partial charge on any atom is 0.0640 e. The summed E-state index contributed by atoms with van der Waals surface area (Å²) in [4.78, 5) is 0. The van der Waals surface area contributed by atoms with E-state index in [2.05, 4.69) is 34.1 Å². The Morgan fingerprint density at radius 2 is 2.00 bits per heavy atom. The van der Waals surface area contributed by atoms with Crippen LogP contribution in [0.15, 0.2) is 22.7 Å². The molecule has 1 N–H and O–H groups in total. The lowest BCUT2D eigenvalue weighted by Crippen LogP contribution is -2.41. The molecule has 1 unspecified atom stereocenters. The number of hydrogen-bond acceptors (Lipinski definition) is 1. The van der Waals surface area contributed by atoms with Gasteiger partial charge >= 0.3 is 0 Å². The molecule has 1 aromatic rings. The summed E-state index contributed by atoms with van der Waals surface area (Å²) in [5.74, 6) is 0. The minimum Gasteiger partial charge on any atom is -0.392 e. The Morgan fingerprint density at radius 1 is 1.25 bits per heavy atom. The van der Waals surface area contributed by atoms with Crippen LogP contribution >= 0.6 is 15.9 Å². The molecule has 2 heteroatoms. The van der Waals surface area contributed by atoms with Crippen LogP contribution in [-0.2, 0) is 11.8 Å². The van der Waals surface area contributed by atoms with E-state index in [0.29, 0.717) is 0 Å². The van der Waals surface area contributed by atoms with Crippen LogP contribution in [0.1, 0.15) is 43.2 Å². The Morgan fingerprint density at radius 3 is 2.75 bits per heavy atom. The second kappa shape index (κ2) is 3.85. The zero-order valence-electron chi connectivity index (χ0n) is 9.38. The molecule has 2 aliphatic rings. The van der Waals surface area contributed by atoms with Crippen LogP contribution in [0.5, 0.6) is 0 Å². The number of aliphatic hydroxyl groups is 1. The van der Waals surface area contributed by atoms with Gasteiger partial charge in [-0.1, -0.05) is 40.9 Å². The summed E-state index contributed by atoms with van der Waals surface area (Å²) in [6, 6.07) is 6.46. The maximum atomic E-state index is 10.4. The van der Waals surface area contributed by atoms with Gasteiger partial charge in [0.1, 0.15) is 0 Å². The van der Waals surface area contributed by atoms with Crippen molar-refractivity contribution >= 4 is 15.9 Å². The number of rotatable bonds is 0. The van der Waals surface area contributed by atoms with E-state index in [9.17, 15) is 5.11 Å². The standard InChI is InChI=1S/C14H17BrO/c15-11-5-3-4-10-6-7-12(16)14(13(10)11)8-1-2-9-14/h3-5,12,16H,1-2,6-9H2.